The third kappa shape index (κ3) is 2.87. The summed E-state index contributed by atoms with van der Waals surface area (Å²) >= 11 is 6.74. The highest BCUT2D eigenvalue weighted by molar-refractivity contribution is 9.10. The number of hydrogen-bond donors (Lipinski definition) is 1. The molecule has 0 atom stereocenters. The second kappa shape index (κ2) is 5.61. The molecule has 0 saturated heterocycles. The van der Waals surface area contributed by atoms with Crippen molar-refractivity contribution in [3.05, 3.63) is 57.4 Å². The number of aromatic nitrogens is 1. The van der Waals surface area contributed by atoms with Crippen LogP contribution in [0.5, 0.6) is 11.5 Å². The number of nitrogens with zero attached hydrogens (tertiary/aromatic N) is 1. The zero-order chi connectivity index (χ0) is 15.0. The summed E-state index contributed by atoms with van der Waals surface area (Å²) < 4.78 is 20.7. The Bertz CT molecular complexity index is 834. The van der Waals surface area contributed by atoms with Gasteiger partial charge < -0.3 is 10.5 Å². The van der Waals surface area contributed by atoms with E-state index in [1.165, 1.54) is 18.3 Å². The molecule has 0 bridgehead atoms. The largest absolute Gasteiger partial charge is 0.453 e. The molecule has 0 saturated carbocycles. The Hall–Kier alpha value is -1.66. The van der Waals surface area contributed by atoms with Gasteiger partial charge in [-0.1, -0.05) is 15.9 Å². The molecule has 2 aromatic carbocycles. The first-order valence-electron chi connectivity index (χ1n) is 6.01. The Morgan fingerprint density at radius 3 is 2.71 bits per heavy atom. The lowest BCUT2D eigenvalue weighted by atomic mass is 10.2. The van der Waals surface area contributed by atoms with Crippen molar-refractivity contribution in [1.82, 2.24) is 4.98 Å². The average molecular weight is 412 g/mol. The van der Waals surface area contributed by atoms with Crippen molar-refractivity contribution in [2.45, 2.75) is 0 Å². The number of rotatable bonds is 2. The number of ether oxygens (including phenoxy) is 1. The molecule has 21 heavy (non-hydrogen) atoms. The number of halogens is 3. The van der Waals surface area contributed by atoms with E-state index in [1.807, 2.05) is 18.2 Å². The number of nitrogens with two attached hydrogens (primary N) is 1. The van der Waals surface area contributed by atoms with Crippen LogP contribution in [0.1, 0.15) is 0 Å². The van der Waals surface area contributed by atoms with Crippen molar-refractivity contribution < 1.29 is 9.13 Å². The third-order valence-corrected chi connectivity index (χ3v) is 4.06. The maximum Gasteiger partial charge on any atom is 0.161 e. The monoisotopic (exact) mass is 410 g/mol. The molecule has 6 heteroatoms. The topological polar surface area (TPSA) is 48.1 Å². The van der Waals surface area contributed by atoms with Gasteiger partial charge in [0.05, 0.1) is 21.9 Å². The molecule has 2 N–H and O–H groups in total. The Kier molecular flexibility index (Phi) is 3.82. The third-order valence-electron chi connectivity index (χ3n) is 2.91. The van der Waals surface area contributed by atoms with E-state index in [4.69, 9.17) is 10.5 Å². The predicted octanol–water partition coefficient (Wildman–Crippen LogP) is 5.27. The van der Waals surface area contributed by atoms with E-state index >= 15 is 0 Å². The fourth-order valence-electron chi connectivity index (χ4n) is 1.94. The fourth-order valence-corrected chi connectivity index (χ4v) is 2.62. The van der Waals surface area contributed by atoms with Crippen molar-refractivity contribution in [3.8, 4) is 11.5 Å². The first-order valence-corrected chi connectivity index (χ1v) is 7.60. The van der Waals surface area contributed by atoms with Gasteiger partial charge >= 0.3 is 0 Å². The molecule has 1 heterocycles. The van der Waals surface area contributed by atoms with Gasteiger partial charge in [-0.05, 0) is 46.3 Å². The van der Waals surface area contributed by atoms with Crippen LogP contribution >= 0.6 is 31.9 Å². The van der Waals surface area contributed by atoms with Crippen LogP contribution in [0.25, 0.3) is 10.9 Å². The normalized spacial score (nSPS) is 10.8. The van der Waals surface area contributed by atoms with E-state index < -0.39 is 0 Å². The summed E-state index contributed by atoms with van der Waals surface area (Å²) in [5.41, 5.74) is 7.09. The zero-order valence-corrected chi connectivity index (χ0v) is 13.8. The van der Waals surface area contributed by atoms with Crippen LogP contribution in [-0.4, -0.2) is 4.98 Å². The Balaban J connectivity index is 2.17. The van der Waals surface area contributed by atoms with Crippen LogP contribution < -0.4 is 10.5 Å². The number of benzene rings is 2. The molecule has 0 unspecified atom stereocenters. The highest BCUT2D eigenvalue weighted by Gasteiger charge is 2.12. The van der Waals surface area contributed by atoms with Crippen LogP contribution in [-0.2, 0) is 0 Å². The van der Waals surface area contributed by atoms with Crippen LogP contribution in [0.3, 0.4) is 0 Å². The molecule has 3 rings (SSSR count). The molecule has 1 aromatic heterocycles. The molecule has 0 amide bonds. The molecule has 0 fully saturated rings. The minimum Gasteiger partial charge on any atom is -0.453 e. The van der Waals surface area contributed by atoms with Crippen molar-refractivity contribution in [2.75, 3.05) is 5.73 Å². The van der Waals surface area contributed by atoms with E-state index in [1.54, 1.807) is 6.07 Å². The molecular weight excluding hydrogens is 403 g/mol. The van der Waals surface area contributed by atoms with Gasteiger partial charge in [0.25, 0.3) is 0 Å². The predicted molar refractivity (Wildman–Crippen MR) is 88.0 cm³/mol. The van der Waals surface area contributed by atoms with Gasteiger partial charge in [-0.3, -0.25) is 4.98 Å². The number of nitrogen functional groups attached to an aromatic ring is 1. The molecule has 106 valence electrons. The Morgan fingerprint density at radius 2 is 1.90 bits per heavy atom. The quantitative estimate of drug-likeness (QED) is 0.624. The molecular formula is C15H9Br2FN2O. The maximum absolute atomic E-state index is 13.4. The smallest absolute Gasteiger partial charge is 0.161 e. The van der Waals surface area contributed by atoms with Gasteiger partial charge in [0, 0.05) is 15.9 Å². The van der Waals surface area contributed by atoms with E-state index in [2.05, 4.69) is 36.8 Å². The van der Waals surface area contributed by atoms with Gasteiger partial charge in [-0.25, -0.2) is 4.39 Å². The van der Waals surface area contributed by atoms with Crippen LogP contribution in [0.15, 0.2) is 51.5 Å². The summed E-state index contributed by atoms with van der Waals surface area (Å²) in [5, 5.41) is 0.750. The molecule has 0 spiro atoms. The number of hydrogen-bond acceptors (Lipinski definition) is 3. The number of anilines is 1. The van der Waals surface area contributed by atoms with E-state index in [0.717, 1.165) is 15.4 Å². The fraction of sp³-hybridized carbons (Fsp3) is 0. The second-order valence-corrected chi connectivity index (χ2v) is 6.15. The molecule has 3 aromatic rings. The Labute approximate surface area is 137 Å². The number of pyridine rings is 1. The molecule has 0 aliphatic carbocycles. The van der Waals surface area contributed by atoms with Crippen LogP contribution in [0.4, 0.5) is 10.1 Å². The Morgan fingerprint density at radius 1 is 1.10 bits per heavy atom. The SMILES string of the molecule is Nc1cnc2ccc(Br)cc2c1Oc1cc(F)ccc1Br. The summed E-state index contributed by atoms with van der Waals surface area (Å²) in [7, 11) is 0. The van der Waals surface area contributed by atoms with Crippen LogP contribution in [0.2, 0.25) is 0 Å². The lowest BCUT2D eigenvalue weighted by Gasteiger charge is -2.12. The zero-order valence-electron chi connectivity index (χ0n) is 10.6. The standard InChI is InChI=1S/C15H9Br2FN2O/c16-8-1-4-13-10(5-8)15(12(19)7-20-13)21-14-6-9(18)2-3-11(14)17/h1-7H,19H2. The van der Waals surface area contributed by atoms with E-state index in [9.17, 15) is 4.39 Å². The van der Waals surface area contributed by atoms with Gasteiger partial charge in [0.1, 0.15) is 11.6 Å². The lowest BCUT2D eigenvalue weighted by Crippen LogP contribution is -1.96. The minimum atomic E-state index is -0.383. The summed E-state index contributed by atoms with van der Waals surface area (Å²) in [6.45, 7) is 0. The van der Waals surface area contributed by atoms with E-state index in [-0.39, 0.29) is 5.82 Å². The van der Waals surface area contributed by atoms with Crippen LogP contribution in [0, 0.1) is 5.82 Å². The first-order chi connectivity index (χ1) is 10.0. The van der Waals surface area contributed by atoms with E-state index in [0.29, 0.717) is 21.7 Å². The first kappa shape index (κ1) is 14.3. The summed E-state index contributed by atoms with van der Waals surface area (Å²) in [6, 6.07) is 9.83. The summed E-state index contributed by atoms with van der Waals surface area (Å²) in [4.78, 5) is 4.25. The second-order valence-electron chi connectivity index (χ2n) is 4.38. The minimum absolute atomic E-state index is 0.356. The molecule has 0 aliphatic rings. The number of fused-ring (bicyclic) bond motifs is 1. The molecule has 0 aliphatic heterocycles. The van der Waals surface area contributed by atoms with Crippen molar-refractivity contribution in [3.63, 3.8) is 0 Å². The van der Waals surface area contributed by atoms with Gasteiger partial charge in [-0.2, -0.15) is 0 Å². The van der Waals surface area contributed by atoms with Crippen molar-refractivity contribution in [2.24, 2.45) is 0 Å². The highest BCUT2D eigenvalue weighted by atomic mass is 79.9. The van der Waals surface area contributed by atoms with Crippen molar-refractivity contribution in [1.29, 1.82) is 0 Å². The highest BCUT2D eigenvalue weighted by Crippen LogP contribution is 2.38. The van der Waals surface area contributed by atoms with Gasteiger partial charge in [-0.15, -0.1) is 0 Å². The van der Waals surface area contributed by atoms with Gasteiger partial charge in [0.2, 0.25) is 0 Å². The molecule has 3 nitrogen and oxygen atoms in total. The lowest BCUT2D eigenvalue weighted by molar-refractivity contribution is 0.480. The summed E-state index contributed by atoms with van der Waals surface area (Å²) in [6.07, 6.45) is 1.53. The van der Waals surface area contributed by atoms with Gasteiger partial charge in [0.15, 0.2) is 5.75 Å². The average Bonchev–Trinajstić information content (AvgIpc) is 2.46. The van der Waals surface area contributed by atoms with Crippen molar-refractivity contribution >= 4 is 48.5 Å². The molecule has 0 radical (unpaired) electrons. The summed E-state index contributed by atoms with van der Waals surface area (Å²) in [5.74, 6) is 0.424. The maximum atomic E-state index is 13.4.